The van der Waals surface area contributed by atoms with Gasteiger partial charge in [-0.3, -0.25) is 0 Å². The molecule has 1 N–H and O–H groups in total. The second-order valence-electron chi connectivity index (χ2n) is 6.21. The molecule has 4 rings (SSSR count). The van der Waals surface area contributed by atoms with Crippen molar-refractivity contribution in [3.63, 3.8) is 0 Å². The van der Waals surface area contributed by atoms with Gasteiger partial charge in [0.05, 0.1) is 12.7 Å². The zero-order valence-electron chi connectivity index (χ0n) is 14.1. The minimum Gasteiger partial charge on any atom is -0.497 e. The lowest BCUT2D eigenvalue weighted by Gasteiger charge is -2.12. The summed E-state index contributed by atoms with van der Waals surface area (Å²) in [6.45, 7) is 0. The number of hydrogen-bond donors (Lipinski definition) is 1. The van der Waals surface area contributed by atoms with Crippen LogP contribution in [0.2, 0.25) is 0 Å². The van der Waals surface area contributed by atoms with Crippen LogP contribution in [-0.2, 0) is 0 Å². The first kappa shape index (κ1) is 15.6. The molecule has 2 aromatic heterocycles. The van der Waals surface area contributed by atoms with Crippen LogP contribution in [-0.4, -0.2) is 28.3 Å². The molecule has 128 valence electrons. The Morgan fingerprint density at radius 2 is 1.80 bits per heavy atom. The molecule has 0 saturated heterocycles. The Morgan fingerprint density at radius 1 is 1.04 bits per heavy atom. The van der Waals surface area contributed by atoms with Gasteiger partial charge in [-0.2, -0.15) is 4.98 Å². The van der Waals surface area contributed by atoms with E-state index >= 15 is 0 Å². The molecule has 0 unspecified atom stereocenters. The van der Waals surface area contributed by atoms with Gasteiger partial charge < -0.3 is 14.6 Å². The summed E-state index contributed by atoms with van der Waals surface area (Å²) in [5.74, 6) is 2.70. The number of benzene rings is 1. The van der Waals surface area contributed by atoms with Gasteiger partial charge in [-0.1, -0.05) is 18.0 Å². The largest absolute Gasteiger partial charge is 0.497 e. The van der Waals surface area contributed by atoms with Crippen molar-refractivity contribution in [1.29, 1.82) is 0 Å². The highest BCUT2D eigenvalue weighted by atomic mass is 16.5. The smallest absolute Gasteiger partial charge is 0.259 e. The maximum atomic E-state index is 5.38. The fraction of sp³-hybridized carbons (Fsp3) is 0.316. The molecule has 25 heavy (non-hydrogen) atoms. The zero-order chi connectivity index (χ0) is 17.1. The Hall–Kier alpha value is -2.89. The summed E-state index contributed by atoms with van der Waals surface area (Å²) in [6.07, 6.45) is 6.80. The summed E-state index contributed by atoms with van der Waals surface area (Å²) in [6, 6.07) is 12.0. The van der Waals surface area contributed by atoms with Gasteiger partial charge in [0.25, 0.3) is 5.89 Å². The first-order chi connectivity index (χ1) is 12.3. The van der Waals surface area contributed by atoms with Crippen LogP contribution in [0.4, 0.5) is 5.82 Å². The Balaban J connectivity index is 1.49. The number of hydrogen-bond acceptors (Lipinski definition) is 6. The maximum absolute atomic E-state index is 5.38. The lowest BCUT2D eigenvalue weighted by atomic mass is 10.2. The SMILES string of the molecule is COc1ccc(-c2noc(-c3ccc(NC4CCCC4)nc3)n2)cc1. The van der Waals surface area contributed by atoms with Gasteiger partial charge in [0, 0.05) is 17.8 Å². The minimum absolute atomic E-state index is 0.464. The second-order valence-corrected chi connectivity index (χ2v) is 6.21. The van der Waals surface area contributed by atoms with E-state index in [0.29, 0.717) is 17.8 Å². The number of pyridine rings is 1. The van der Waals surface area contributed by atoms with Crippen LogP contribution < -0.4 is 10.1 Å². The highest BCUT2D eigenvalue weighted by Crippen LogP contribution is 2.25. The summed E-state index contributed by atoms with van der Waals surface area (Å²) in [4.78, 5) is 8.93. The average molecular weight is 336 g/mol. The molecule has 1 fully saturated rings. The van der Waals surface area contributed by atoms with Gasteiger partial charge in [-0.15, -0.1) is 0 Å². The lowest BCUT2D eigenvalue weighted by molar-refractivity contribution is 0.415. The van der Waals surface area contributed by atoms with Crippen molar-refractivity contribution < 1.29 is 9.26 Å². The van der Waals surface area contributed by atoms with Crippen LogP contribution in [0.1, 0.15) is 25.7 Å². The van der Waals surface area contributed by atoms with E-state index in [0.717, 1.165) is 22.7 Å². The van der Waals surface area contributed by atoms with E-state index in [1.807, 2.05) is 36.4 Å². The van der Waals surface area contributed by atoms with Crippen molar-refractivity contribution >= 4 is 5.82 Å². The molecule has 1 aliphatic rings. The average Bonchev–Trinajstić information content (AvgIpc) is 3.34. The number of nitrogens with zero attached hydrogens (tertiary/aromatic N) is 3. The predicted octanol–water partition coefficient (Wildman–Crippen LogP) is 4.16. The molecule has 0 bridgehead atoms. The number of nitrogens with one attached hydrogen (secondary N) is 1. The van der Waals surface area contributed by atoms with Crippen LogP contribution in [0.3, 0.4) is 0 Å². The third-order valence-corrected chi connectivity index (χ3v) is 4.49. The molecule has 3 aromatic rings. The number of rotatable bonds is 5. The predicted molar refractivity (Wildman–Crippen MR) is 95.4 cm³/mol. The summed E-state index contributed by atoms with van der Waals surface area (Å²) in [7, 11) is 1.64. The van der Waals surface area contributed by atoms with Gasteiger partial charge in [0.15, 0.2) is 0 Å². The normalized spacial score (nSPS) is 14.6. The third-order valence-electron chi connectivity index (χ3n) is 4.49. The molecular weight excluding hydrogens is 316 g/mol. The van der Waals surface area contributed by atoms with Gasteiger partial charge in [0.2, 0.25) is 5.82 Å². The molecule has 0 radical (unpaired) electrons. The van der Waals surface area contributed by atoms with E-state index in [2.05, 4.69) is 20.4 Å². The molecule has 2 heterocycles. The Bertz CT molecular complexity index is 821. The van der Waals surface area contributed by atoms with Crippen molar-refractivity contribution in [1.82, 2.24) is 15.1 Å². The van der Waals surface area contributed by atoms with Crippen LogP contribution in [0.15, 0.2) is 47.1 Å². The molecule has 6 nitrogen and oxygen atoms in total. The number of methoxy groups -OCH3 is 1. The van der Waals surface area contributed by atoms with Gasteiger partial charge in [-0.05, 0) is 49.2 Å². The Morgan fingerprint density at radius 3 is 2.48 bits per heavy atom. The van der Waals surface area contributed by atoms with Crippen LogP contribution in [0.25, 0.3) is 22.8 Å². The van der Waals surface area contributed by atoms with Crippen molar-refractivity contribution in [3.8, 4) is 28.6 Å². The highest BCUT2D eigenvalue weighted by molar-refractivity contribution is 5.60. The maximum Gasteiger partial charge on any atom is 0.259 e. The minimum atomic E-state index is 0.464. The quantitative estimate of drug-likeness (QED) is 0.754. The molecule has 0 aliphatic heterocycles. The van der Waals surface area contributed by atoms with E-state index in [-0.39, 0.29) is 0 Å². The van der Waals surface area contributed by atoms with E-state index in [4.69, 9.17) is 9.26 Å². The number of ether oxygens (including phenoxy) is 1. The van der Waals surface area contributed by atoms with E-state index in [1.54, 1.807) is 13.3 Å². The summed E-state index contributed by atoms with van der Waals surface area (Å²) < 4.78 is 10.5. The molecule has 6 heteroatoms. The highest BCUT2D eigenvalue weighted by Gasteiger charge is 2.15. The first-order valence-corrected chi connectivity index (χ1v) is 8.53. The monoisotopic (exact) mass is 336 g/mol. The molecule has 0 spiro atoms. The van der Waals surface area contributed by atoms with Crippen LogP contribution in [0.5, 0.6) is 5.75 Å². The van der Waals surface area contributed by atoms with Crippen LogP contribution >= 0.6 is 0 Å². The third kappa shape index (κ3) is 3.47. The van der Waals surface area contributed by atoms with Crippen LogP contribution in [0, 0.1) is 0 Å². The number of aromatic nitrogens is 3. The summed E-state index contributed by atoms with van der Waals surface area (Å²) >= 11 is 0. The summed E-state index contributed by atoms with van der Waals surface area (Å²) in [5.41, 5.74) is 1.69. The lowest BCUT2D eigenvalue weighted by Crippen LogP contribution is -2.15. The summed E-state index contributed by atoms with van der Waals surface area (Å²) in [5, 5.41) is 7.53. The molecular formula is C19H20N4O2. The topological polar surface area (TPSA) is 73.1 Å². The van der Waals surface area contributed by atoms with Crippen molar-refractivity contribution in [2.24, 2.45) is 0 Å². The van der Waals surface area contributed by atoms with Crippen molar-refractivity contribution in [2.45, 2.75) is 31.7 Å². The van der Waals surface area contributed by atoms with Crippen molar-refractivity contribution in [2.75, 3.05) is 12.4 Å². The molecule has 1 aliphatic carbocycles. The van der Waals surface area contributed by atoms with Crippen molar-refractivity contribution in [3.05, 3.63) is 42.6 Å². The fourth-order valence-corrected chi connectivity index (χ4v) is 3.08. The molecule has 0 atom stereocenters. The molecule has 1 saturated carbocycles. The van der Waals surface area contributed by atoms with Gasteiger partial charge in [0.1, 0.15) is 11.6 Å². The van der Waals surface area contributed by atoms with Gasteiger partial charge >= 0.3 is 0 Å². The molecule has 0 amide bonds. The Kier molecular flexibility index (Phi) is 4.33. The standard InChI is InChI=1S/C19H20N4O2/c1-24-16-9-6-13(7-10-16)18-22-19(25-23-18)14-8-11-17(20-12-14)21-15-4-2-3-5-15/h6-12,15H,2-5H2,1H3,(H,20,21). The zero-order valence-corrected chi connectivity index (χ0v) is 14.1. The molecule has 1 aromatic carbocycles. The van der Waals surface area contributed by atoms with E-state index in [1.165, 1.54) is 25.7 Å². The van der Waals surface area contributed by atoms with E-state index < -0.39 is 0 Å². The Labute approximate surface area is 146 Å². The first-order valence-electron chi connectivity index (χ1n) is 8.53. The van der Waals surface area contributed by atoms with Gasteiger partial charge in [-0.25, -0.2) is 4.98 Å². The fourth-order valence-electron chi connectivity index (χ4n) is 3.08. The van der Waals surface area contributed by atoms with E-state index in [9.17, 15) is 0 Å². The second kappa shape index (κ2) is 6.93. The number of anilines is 1.